The lowest BCUT2D eigenvalue weighted by molar-refractivity contribution is 0.285. The highest BCUT2D eigenvalue weighted by atomic mass is 79.9. The predicted molar refractivity (Wildman–Crippen MR) is 86.9 cm³/mol. The standard InChI is InChI=1S/C11H17BrN2O3S3/c12-11-10(7-9(8-15)19-11)20(16,17)13-1-2-14-3-5-18-6-4-14/h7,13,15H,1-6,8H2. The zero-order valence-electron chi connectivity index (χ0n) is 10.8. The van der Waals surface area contributed by atoms with Gasteiger partial charge in [-0.1, -0.05) is 0 Å². The minimum absolute atomic E-state index is 0.149. The average Bonchev–Trinajstić information content (AvgIpc) is 2.82. The molecule has 2 rings (SSSR count). The largest absolute Gasteiger partial charge is 0.391 e. The van der Waals surface area contributed by atoms with Crippen molar-refractivity contribution in [3.05, 3.63) is 14.7 Å². The van der Waals surface area contributed by atoms with Crippen molar-refractivity contribution in [3.8, 4) is 0 Å². The molecule has 0 unspecified atom stereocenters. The number of nitrogens with one attached hydrogen (secondary N) is 1. The van der Waals surface area contributed by atoms with Crippen LogP contribution in [0.15, 0.2) is 14.7 Å². The zero-order valence-corrected chi connectivity index (χ0v) is 14.9. The highest BCUT2D eigenvalue weighted by Gasteiger charge is 2.21. The van der Waals surface area contributed by atoms with E-state index in [4.69, 9.17) is 5.11 Å². The lowest BCUT2D eigenvalue weighted by atomic mass is 10.5. The molecule has 114 valence electrons. The maximum absolute atomic E-state index is 12.2. The van der Waals surface area contributed by atoms with Crippen molar-refractivity contribution in [2.75, 3.05) is 37.7 Å². The van der Waals surface area contributed by atoms with Gasteiger partial charge in [-0.3, -0.25) is 0 Å². The highest BCUT2D eigenvalue weighted by molar-refractivity contribution is 9.11. The number of aliphatic hydroxyl groups excluding tert-OH is 1. The summed E-state index contributed by atoms with van der Waals surface area (Å²) in [5, 5.41) is 9.05. The Bertz CT molecular complexity index is 541. The Labute approximate surface area is 135 Å². The number of halogens is 1. The molecule has 0 aliphatic carbocycles. The lowest BCUT2D eigenvalue weighted by Crippen LogP contribution is -2.39. The highest BCUT2D eigenvalue weighted by Crippen LogP contribution is 2.31. The van der Waals surface area contributed by atoms with Crippen LogP contribution in [0.25, 0.3) is 0 Å². The summed E-state index contributed by atoms with van der Waals surface area (Å²) >= 11 is 6.41. The van der Waals surface area contributed by atoms with Gasteiger partial charge in [0.15, 0.2) is 0 Å². The monoisotopic (exact) mass is 400 g/mol. The average molecular weight is 401 g/mol. The fourth-order valence-corrected chi connectivity index (χ4v) is 6.44. The van der Waals surface area contributed by atoms with Crippen molar-refractivity contribution in [1.82, 2.24) is 9.62 Å². The fraction of sp³-hybridized carbons (Fsp3) is 0.636. The molecule has 9 heteroatoms. The van der Waals surface area contributed by atoms with E-state index in [9.17, 15) is 8.42 Å². The Morgan fingerprint density at radius 3 is 2.70 bits per heavy atom. The number of hydrogen-bond acceptors (Lipinski definition) is 6. The second-order valence-corrected chi connectivity index (χ2v) is 9.78. The molecule has 0 spiro atoms. The first-order valence-electron chi connectivity index (χ1n) is 6.22. The van der Waals surface area contributed by atoms with Crippen molar-refractivity contribution >= 4 is 49.1 Å². The van der Waals surface area contributed by atoms with Crippen LogP contribution in [0.1, 0.15) is 4.88 Å². The number of sulfonamides is 1. The number of hydrogen-bond donors (Lipinski definition) is 2. The number of nitrogens with zero attached hydrogens (tertiary/aromatic N) is 1. The summed E-state index contributed by atoms with van der Waals surface area (Å²) in [7, 11) is -3.51. The summed E-state index contributed by atoms with van der Waals surface area (Å²) in [6, 6.07) is 1.51. The molecule has 0 bridgehead atoms. The number of aliphatic hydroxyl groups is 1. The maximum Gasteiger partial charge on any atom is 0.242 e. The van der Waals surface area contributed by atoms with Crippen LogP contribution in [-0.4, -0.2) is 56.1 Å². The van der Waals surface area contributed by atoms with Gasteiger partial charge < -0.3 is 10.0 Å². The Balaban J connectivity index is 1.91. The third-order valence-electron chi connectivity index (χ3n) is 2.98. The molecule has 0 aromatic carbocycles. The van der Waals surface area contributed by atoms with Crippen molar-refractivity contribution in [2.45, 2.75) is 11.5 Å². The normalized spacial score (nSPS) is 17.5. The third-order valence-corrected chi connectivity index (χ3v) is 7.62. The molecule has 2 heterocycles. The molecule has 0 atom stereocenters. The molecule has 0 amide bonds. The number of thiophene rings is 1. The first-order chi connectivity index (χ1) is 9.53. The van der Waals surface area contributed by atoms with Crippen molar-refractivity contribution in [1.29, 1.82) is 0 Å². The van der Waals surface area contributed by atoms with Gasteiger partial charge in [-0.25, -0.2) is 13.1 Å². The van der Waals surface area contributed by atoms with E-state index in [-0.39, 0.29) is 11.5 Å². The van der Waals surface area contributed by atoms with Gasteiger partial charge in [0.2, 0.25) is 10.0 Å². The lowest BCUT2D eigenvalue weighted by Gasteiger charge is -2.25. The van der Waals surface area contributed by atoms with Gasteiger partial charge in [-0.2, -0.15) is 11.8 Å². The van der Waals surface area contributed by atoms with Crippen LogP contribution in [0.5, 0.6) is 0 Å². The van der Waals surface area contributed by atoms with E-state index in [2.05, 4.69) is 25.6 Å². The van der Waals surface area contributed by atoms with Crippen LogP contribution in [0, 0.1) is 0 Å². The van der Waals surface area contributed by atoms with Gasteiger partial charge in [0.05, 0.1) is 10.4 Å². The van der Waals surface area contributed by atoms with Crippen LogP contribution in [0.2, 0.25) is 0 Å². The van der Waals surface area contributed by atoms with E-state index in [1.165, 1.54) is 17.4 Å². The SMILES string of the molecule is O=S(=O)(NCCN1CCSCC1)c1cc(CO)sc1Br. The first-order valence-corrected chi connectivity index (χ1v) is 10.5. The van der Waals surface area contributed by atoms with Gasteiger partial charge in [0, 0.05) is 42.6 Å². The smallest absolute Gasteiger partial charge is 0.242 e. The molecule has 20 heavy (non-hydrogen) atoms. The van der Waals surface area contributed by atoms with Gasteiger partial charge >= 0.3 is 0 Å². The van der Waals surface area contributed by atoms with Gasteiger partial charge in [0.25, 0.3) is 0 Å². The molecule has 1 aromatic heterocycles. The van der Waals surface area contributed by atoms with Crippen LogP contribution in [-0.2, 0) is 16.6 Å². The van der Waals surface area contributed by atoms with E-state index in [0.29, 0.717) is 15.2 Å². The molecule has 1 aromatic rings. The second kappa shape index (κ2) is 7.57. The number of thioether (sulfide) groups is 1. The molecule has 1 aliphatic rings. The minimum atomic E-state index is -3.51. The van der Waals surface area contributed by atoms with E-state index in [1.54, 1.807) is 0 Å². The predicted octanol–water partition coefficient (Wildman–Crippen LogP) is 1.33. The first kappa shape index (κ1) is 16.7. The van der Waals surface area contributed by atoms with Crippen molar-refractivity contribution in [2.24, 2.45) is 0 Å². The van der Waals surface area contributed by atoms with Crippen LogP contribution in [0.4, 0.5) is 0 Å². The van der Waals surface area contributed by atoms with E-state index in [1.807, 2.05) is 11.8 Å². The fourth-order valence-electron chi connectivity index (χ4n) is 1.90. The molecule has 1 saturated heterocycles. The Morgan fingerprint density at radius 1 is 1.40 bits per heavy atom. The van der Waals surface area contributed by atoms with Crippen LogP contribution < -0.4 is 4.72 Å². The van der Waals surface area contributed by atoms with E-state index < -0.39 is 10.0 Å². The third kappa shape index (κ3) is 4.43. The summed E-state index contributed by atoms with van der Waals surface area (Å²) < 4.78 is 27.5. The molecular formula is C11H17BrN2O3S3. The van der Waals surface area contributed by atoms with Crippen molar-refractivity contribution in [3.63, 3.8) is 0 Å². The minimum Gasteiger partial charge on any atom is -0.391 e. The molecule has 1 fully saturated rings. The van der Waals surface area contributed by atoms with E-state index in [0.717, 1.165) is 31.1 Å². The van der Waals surface area contributed by atoms with Crippen LogP contribution in [0.3, 0.4) is 0 Å². The molecule has 5 nitrogen and oxygen atoms in total. The molecule has 0 saturated carbocycles. The molecular weight excluding hydrogens is 384 g/mol. The maximum atomic E-state index is 12.2. The van der Waals surface area contributed by atoms with Crippen molar-refractivity contribution < 1.29 is 13.5 Å². The zero-order chi connectivity index (χ0) is 14.6. The summed E-state index contributed by atoms with van der Waals surface area (Å²) in [6.45, 7) is 3.02. The Morgan fingerprint density at radius 2 is 2.10 bits per heavy atom. The van der Waals surface area contributed by atoms with Gasteiger partial charge in [0.1, 0.15) is 4.90 Å². The Hall–Kier alpha value is 0.360. The molecule has 0 radical (unpaired) electrons. The Kier molecular flexibility index (Phi) is 6.33. The molecule has 1 aliphatic heterocycles. The summed E-state index contributed by atoms with van der Waals surface area (Å²) in [6.07, 6.45) is 0. The topological polar surface area (TPSA) is 69.6 Å². The second-order valence-electron chi connectivity index (χ2n) is 4.36. The van der Waals surface area contributed by atoms with E-state index >= 15 is 0 Å². The summed E-state index contributed by atoms with van der Waals surface area (Å²) in [5.74, 6) is 2.23. The number of rotatable bonds is 6. The molecule has 2 N–H and O–H groups in total. The summed E-state index contributed by atoms with van der Waals surface area (Å²) in [5.41, 5.74) is 0. The van der Waals surface area contributed by atoms with Gasteiger partial charge in [-0.05, 0) is 22.0 Å². The summed E-state index contributed by atoms with van der Waals surface area (Å²) in [4.78, 5) is 3.10. The van der Waals surface area contributed by atoms with Gasteiger partial charge in [-0.15, -0.1) is 11.3 Å². The van der Waals surface area contributed by atoms with Crippen LogP contribution >= 0.6 is 39.0 Å². The quantitative estimate of drug-likeness (QED) is 0.753.